The first-order valence-electron chi connectivity index (χ1n) is 10.9. The van der Waals surface area contributed by atoms with Gasteiger partial charge in [-0.15, -0.1) is 0 Å². The van der Waals surface area contributed by atoms with Crippen LogP contribution in [0.15, 0.2) is 106 Å². The molecule has 168 valence electrons. The van der Waals surface area contributed by atoms with E-state index in [0.29, 0.717) is 0 Å². The number of hydrogen-bond acceptors (Lipinski definition) is 2. The summed E-state index contributed by atoms with van der Waals surface area (Å²) in [4.78, 5) is 4.37. The quantitative estimate of drug-likeness (QED) is 0.287. The molecule has 0 N–H and O–H groups in total. The third-order valence-electron chi connectivity index (χ3n) is 6.15. The van der Waals surface area contributed by atoms with Crippen LogP contribution in [0.3, 0.4) is 0 Å². The van der Waals surface area contributed by atoms with Crippen LogP contribution in [0, 0.1) is 0 Å². The fraction of sp³-hybridized carbons (Fsp3) is 0.143. The topological polar surface area (TPSA) is 6.48 Å². The van der Waals surface area contributed by atoms with Gasteiger partial charge >= 0.3 is 218 Å². The Bertz CT molecular complexity index is 1140. The Labute approximate surface area is 216 Å². The summed E-state index contributed by atoms with van der Waals surface area (Å²) in [6, 6.07) is 35.7. The van der Waals surface area contributed by atoms with E-state index in [-0.39, 0.29) is 0 Å². The average Bonchev–Trinajstić information content (AvgIpc) is 2.82. The SMILES string of the molecule is CN(C)c1ccc(Br)[c]([Ge]([c]2ccccc2)([c]2ccccc2)[c]2cc(N(C)C)ccc2Br)c1. The van der Waals surface area contributed by atoms with Crippen molar-refractivity contribution in [3.8, 4) is 0 Å². The zero-order chi connectivity index (χ0) is 23.6. The standard InChI is InChI=1S/C28H28Br2GeN2/c1-32(2)23-15-17-25(29)27(19-23)31(21-11-7-5-8-12-21,22-13-9-6-10-14-22)28-20-24(33(3)4)16-18-26(28)30/h5-20H,1-4H3. The summed E-state index contributed by atoms with van der Waals surface area (Å²) in [6.45, 7) is 0. The molecule has 5 heteroatoms. The van der Waals surface area contributed by atoms with Gasteiger partial charge in [0.25, 0.3) is 0 Å². The van der Waals surface area contributed by atoms with Crippen LogP contribution in [0.5, 0.6) is 0 Å². The van der Waals surface area contributed by atoms with Crippen LogP contribution in [-0.4, -0.2) is 41.5 Å². The predicted molar refractivity (Wildman–Crippen MR) is 154 cm³/mol. The van der Waals surface area contributed by atoms with Crippen molar-refractivity contribution in [3.63, 3.8) is 0 Å². The van der Waals surface area contributed by atoms with Crippen LogP contribution in [0.1, 0.15) is 0 Å². The summed E-state index contributed by atoms with van der Waals surface area (Å²) < 4.78 is 7.88. The van der Waals surface area contributed by atoms with Crippen molar-refractivity contribution in [2.45, 2.75) is 0 Å². The van der Waals surface area contributed by atoms with Crippen LogP contribution in [0.2, 0.25) is 0 Å². The fourth-order valence-electron chi connectivity index (χ4n) is 4.47. The van der Waals surface area contributed by atoms with E-state index in [1.54, 1.807) is 0 Å². The monoisotopic (exact) mass is 624 g/mol. The number of benzene rings is 4. The van der Waals surface area contributed by atoms with Crippen LogP contribution < -0.4 is 27.4 Å². The summed E-state index contributed by atoms with van der Waals surface area (Å²) in [6.07, 6.45) is 0. The zero-order valence-corrected chi connectivity index (χ0v) is 24.7. The van der Waals surface area contributed by atoms with Gasteiger partial charge in [-0.05, 0) is 0 Å². The van der Waals surface area contributed by atoms with Crippen molar-refractivity contribution in [2.75, 3.05) is 38.0 Å². The molecule has 0 spiro atoms. The van der Waals surface area contributed by atoms with Gasteiger partial charge in [0.05, 0.1) is 0 Å². The number of hydrogen-bond donors (Lipinski definition) is 0. The second kappa shape index (κ2) is 10.1. The first kappa shape index (κ1) is 24.1. The Kier molecular flexibility index (Phi) is 7.37. The van der Waals surface area contributed by atoms with Crippen molar-refractivity contribution < 1.29 is 0 Å². The van der Waals surface area contributed by atoms with E-state index in [4.69, 9.17) is 0 Å². The number of nitrogens with zero attached hydrogens (tertiary/aromatic N) is 2. The number of rotatable bonds is 6. The minimum atomic E-state index is -3.44. The van der Waals surface area contributed by atoms with Crippen molar-refractivity contribution in [2.24, 2.45) is 0 Å². The van der Waals surface area contributed by atoms with Gasteiger partial charge in [-0.2, -0.15) is 0 Å². The van der Waals surface area contributed by atoms with Gasteiger partial charge < -0.3 is 0 Å². The van der Waals surface area contributed by atoms with Gasteiger partial charge in [-0.3, -0.25) is 0 Å². The molecule has 2 nitrogen and oxygen atoms in total. The molecule has 0 saturated carbocycles. The average molecular weight is 625 g/mol. The maximum absolute atomic E-state index is 3.98. The van der Waals surface area contributed by atoms with Gasteiger partial charge in [-0.1, -0.05) is 0 Å². The molecule has 0 fully saturated rings. The summed E-state index contributed by atoms with van der Waals surface area (Å²) in [5.74, 6) is 0. The normalized spacial score (nSPS) is 11.3. The van der Waals surface area contributed by atoms with E-state index >= 15 is 0 Å². The number of anilines is 2. The predicted octanol–water partition coefficient (Wildman–Crippen LogP) is 4.72. The van der Waals surface area contributed by atoms with Gasteiger partial charge in [-0.25, -0.2) is 0 Å². The Balaban J connectivity index is 2.22. The summed E-state index contributed by atoms with van der Waals surface area (Å²) >= 11 is 4.52. The third kappa shape index (κ3) is 4.53. The van der Waals surface area contributed by atoms with Crippen LogP contribution >= 0.6 is 31.9 Å². The first-order valence-corrected chi connectivity index (χ1v) is 16.7. The molecule has 0 bridgehead atoms. The summed E-state index contributed by atoms with van der Waals surface area (Å²) in [7, 11) is 8.43. The van der Waals surface area contributed by atoms with Crippen LogP contribution in [0.25, 0.3) is 0 Å². The fourth-order valence-corrected chi connectivity index (χ4v) is 18.3. The van der Waals surface area contributed by atoms with E-state index < -0.39 is 13.3 Å². The van der Waals surface area contributed by atoms with Gasteiger partial charge in [0.15, 0.2) is 0 Å². The molecule has 0 aliphatic rings. The van der Waals surface area contributed by atoms with E-state index in [0.717, 1.165) is 8.95 Å². The maximum atomic E-state index is 3.98. The van der Waals surface area contributed by atoms with Gasteiger partial charge in [0.1, 0.15) is 0 Å². The summed E-state index contributed by atoms with van der Waals surface area (Å²) in [5, 5.41) is 0. The molecule has 0 heterocycles. The minimum absolute atomic E-state index is 1.16. The van der Waals surface area contributed by atoms with E-state index in [1.807, 2.05) is 0 Å². The Hall–Kier alpha value is -2.02. The van der Waals surface area contributed by atoms with Crippen molar-refractivity contribution in [1.82, 2.24) is 0 Å². The summed E-state index contributed by atoms with van der Waals surface area (Å²) in [5.41, 5.74) is 2.41. The van der Waals surface area contributed by atoms with Crippen molar-refractivity contribution in [1.29, 1.82) is 0 Å². The molecule has 4 rings (SSSR count). The van der Waals surface area contributed by atoms with Crippen molar-refractivity contribution >= 4 is 74.1 Å². The molecule has 33 heavy (non-hydrogen) atoms. The molecular formula is C28H28Br2GeN2. The van der Waals surface area contributed by atoms with Crippen LogP contribution in [-0.2, 0) is 0 Å². The van der Waals surface area contributed by atoms with E-state index in [9.17, 15) is 0 Å². The Morgan fingerprint density at radius 2 is 0.879 bits per heavy atom. The van der Waals surface area contributed by atoms with Crippen molar-refractivity contribution in [3.05, 3.63) is 106 Å². The molecule has 0 saturated heterocycles. The molecular weight excluding hydrogens is 597 g/mol. The molecule has 0 aliphatic heterocycles. The molecule has 0 aromatic heterocycles. The first-order chi connectivity index (χ1) is 15.9. The molecule has 0 aliphatic carbocycles. The second-order valence-electron chi connectivity index (χ2n) is 8.60. The van der Waals surface area contributed by atoms with E-state index in [2.05, 4.69) is 167 Å². The zero-order valence-electron chi connectivity index (χ0n) is 19.4. The molecule has 0 radical (unpaired) electrons. The van der Waals surface area contributed by atoms with Gasteiger partial charge in [0.2, 0.25) is 0 Å². The Morgan fingerprint density at radius 3 is 1.21 bits per heavy atom. The Morgan fingerprint density at radius 1 is 0.515 bits per heavy atom. The third-order valence-corrected chi connectivity index (χ3v) is 19.2. The molecule has 0 atom stereocenters. The molecule has 0 amide bonds. The molecule has 4 aromatic carbocycles. The van der Waals surface area contributed by atoms with Crippen LogP contribution in [0.4, 0.5) is 11.4 Å². The number of halogens is 2. The van der Waals surface area contributed by atoms with E-state index in [1.165, 1.54) is 29.0 Å². The van der Waals surface area contributed by atoms with Gasteiger partial charge in [0, 0.05) is 0 Å². The second-order valence-corrected chi connectivity index (χ2v) is 18.1. The molecule has 4 aromatic rings. The molecule has 0 unspecified atom stereocenters.